The average Bonchev–Trinajstić information content (AvgIpc) is 2.61. The molecule has 3 rings (SSSR count). The van der Waals surface area contributed by atoms with Gasteiger partial charge in [0.2, 0.25) is 5.82 Å². The van der Waals surface area contributed by atoms with Gasteiger partial charge < -0.3 is 5.11 Å². The van der Waals surface area contributed by atoms with Crippen molar-refractivity contribution in [2.45, 2.75) is 64.2 Å². The molecule has 24 heavy (non-hydrogen) atoms. The lowest BCUT2D eigenvalue weighted by Gasteiger charge is -2.37. The van der Waals surface area contributed by atoms with Crippen LogP contribution < -0.4 is 0 Å². The third kappa shape index (κ3) is 3.65. The SMILES string of the molecule is CC=CC1CCC(C2CCC(c3ccc(O)c(F)c3F)CC2)CC1. The van der Waals surface area contributed by atoms with Crippen LogP contribution in [0.3, 0.4) is 0 Å². The van der Waals surface area contributed by atoms with Gasteiger partial charge in [0.25, 0.3) is 0 Å². The third-order valence-electron chi connectivity index (χ3n) is 6.25. The van der Waals surface area contributed by atoms with Gasteiger partial charge in [-0.1, -0.05) is 18.2 Å². The van der Waals surface area contributed by atoms with Crippen LogP contribution in [-0.2, 0) is 0 Å². The fraction of sp³-hybridized carbons (Fsp3) is 0.619. The van der Waals surface area contributed by atoms with Crippen LogP contribution in [0.2, 0.25) is 0 Å². The van der Waals surface area contributed by atoms with Gasteiger partial charge in [-0.15, -0.1) is 0 Å². The summed E-state index contributed by atoms with van der Waals surface area (Å²) in [5.41, 5.74) is 0.445. The summed E-state index contributed by atoms with van der Waals surface area (Å²) in [6.07, 6.45) is 13.8. The van der Waals surface area contributed by atoms with Crippen molar-refractivity contribution >= 4 is 0 Å². The molecule has 1 nitrogen and oxygen atoms in total. The molecule has 132 valence electrons. The normalized spacial score (nSPS) is 31.5. The smallest absolute Gasteiger partial charge is 0.200 e. The Morgan fingerprint density at radius 3 is 2.04 bits per heavy atom. The van der Waals surface area contributed by atoms with Gasteiger partial charge in [-0.2, -0.15) is 4.39 Å². The predicted molar refractivity (Wildman–Crippen MR) is 93.0 cm³/mol. The van der Waals surface area contributed by atoms with Gasteiger partial charge in [-0.25, -0.2) is 4.39 Å². The Labute approximate surface area is 143 Å². The fourth-order valence-corrected chi connectivity index (χ4v) is 4.85. The van der Waals surface area contributed by atoms with E-state index in [-0.39, 0.29) is 5.92 Å². The second kappa shape index (κ2) is 7.67. The fourth-order valence-electron chi connectivity index (χ4n) is 4.85. The number of allylic oxidation sites excluding steroid dienone is 2. The molecule has 0 aliphatic heterocycles. The molecule has 1 aromatic rings. The van der Waals surface area contributed by atoms with Crippen LogP contribution in [0.5, 0.6) is 5.75 Å². The standard InChI is InChI=1S/C21H28F2O/c1-2-3-14-4-6-15(7-5-14)16-8-10-17(11-9-16)18-12-13-19(24)21(23)20(18)22/h2-3,12-17,24H,4-11H2,1H3. The van der Waals surface area contributed by atoms with E-state index in [1.165, 1.54) is 31.7 Å². The Bertz CT molecular complexity index is 580. The van der Waals surface area contributed by atoms with Crippen LogP contribution in [0.1, 0.15) is 69.8 Å². The van der Waals surface area contributed by atoms with Crippen LogP contribution >= 0.6 is 0 Å². The first-order valence-electron chi connectivity index (χ1n) is 9.39. The zero-order chi connectivity index (χ0) is 17.1. The van der Waals surface area contributed by atoms with Gasteiger partial charge in [0.15, 0.2) is 11.6 Å². The van der Waals surface area contributed by atoms with E-state index in [0.717, 1.165) is 43.4 Å². The molecule has 2 fully saturated rings. The highest BCUT2D eigenvalue weighted by Gasteiger charge is 2.32. The lowest BCUT2D eigenvalue weighted by atomic mass is 9.68. The maximum atomic E-state index is 14.1. The lowest BCUT2D eigenvalue weighted by molar-refractivity contribution is 0.170. The van der Waals surface area contributed by atoms with Crippen molar-refractivity contribution < 1.29 is 13.9 Å². The third-order valence-corrected chi connectivity index (χ3v) is 6.25. The number of phenols is 1. The van der Waals surface area contributed by atoms with Crippen LogP contribution in [-0.4, -0.2) is 5.11 Å². The molecule has 0 aromatic heterocycles. The first kappa shape index (κ1) is 17.4. The van der Waals surface area contributed by atoms with Gasteiger partial charge in [-0.05, 0) is 93.6 Å². The molecule has 0 atom stereocenters. The molecule has 0 amide bonds. The Kier molecular flexibility index (Phi) is 5.57. The summed E-state index contributed by atoms with van der Waals surface area (Å²) >= 11 is 0. The largest absolute Gasteiger partial charge is 0.505 e. The minimum Gasteiger partial charge on any atom is -0.505 e. The zero-order valence-electron chi connectivity index (χ0n) is 14.5. The highest BCUT2D eigenvalue weighted by atomic mass is 19.2. The maximum absolute atomic E-state index is 14.1. The van der Waals surface area contributed by atoms with E-state index in [9.17, 15) is 13.9 Å². The average molecular weight is 334 g/mol. The molecule has 0 bridgehead atoms. The van der Waals surface area contributed by atoms with E-state index in [0.29, 0.717) is 5.56 Å². The number of benzene rings is 1. The van der Waals surface area contributed by atoms with Crippen LogP contribution in [0.25, 0.3) is 0 Å². The van der Waals surface area contributed by atoms with E-state index in [1.54, 1.807) is 6.07 Å². The zero-order valence-corrected chi connectivity index (χ0v) is 14.5. The minimum absolute atomic E-state index is 0.0933. The van der Waals surface area contributed by atoms with Crippen molar-refractivity contribution in [1.82, 2.24) is 0 Å². The molecule has 2 aliphatic rings. The first-order chi connectivity index (χ1) is 11.6. The van der Waals surface area contributed by atoms with Crippen molar-refractivity contribution in [2.75, 3.05) is 0 Å². The van der Waals surface area contributed by atoms with Gasteiger partial charge in [0.1, 0.15) is 0 Å². The molecular weight excluding hydrogens is 306 g/mol. The van der Waals surface area contributed by atoms with Crippen LogP contribution in [0.15, 0.2) is 24.3 Å². The highest BCUT2D eigenvalue weighted by Crippen LogP contribution is 2.44. The molecule has 1 N–H and O–H groups in total. The number of halogens is 2. The monoisotopic (exact) mass is 334 g/mol. The second-order valence-electron chi connectivity index (χ2n) is 7.61. The van der Waals surface area contributed by atoms with Gasteiger partial charge in [0.05, 0.1) is 0 Å². The van der Waals surface area contributed by atoms with E-state index in [4.69, 9.17) is 0 Å². The topological polar surface area (TPSA) is 20.2 Å². The summed E-state index contributed by atoms with van der Waals surface area (Å²) in [5.74, 6) is -0.135. The maximum Gasteiger partial charge on any atom is 0.200 e. The highest BCUT2D eigenvalue weighted by molar-refractivity contribution is 5.32. The van der Waals surface area contributed by atoms with Crippen molar-refractivity contribution in [3.05, 3.63) is 41.5 Å². The number of phenolic OH excluding ortho intramolecular Hbond substituents is 1. The van der Waals surface area contributed by atoms with Gasteiger partial charge in [-0.3, -0.25) is 0 Å². The molecule has 0 spiro atoms. The Morgan fingerprint density at radius 1 is 0.875 bits per heavy atom. The van der Waals surface area contributed by atoms with Crippen molar-refractivity contribution in [1.29, 1.82) is 0 Å². The lowest BCUT2D eigenvalue weighted by Crippen LogP contribution is -2.25. The molecule has 2 saturated carbocycles. The quantitative estimate of drug-likeness (QED) is 0.641. The summed E-state index contributed by atoms with van der Waals surface area (Å²) < 4.78 is 27.7. The first-order valence-corrected chi connectivity index (χ1v) is 9.39. The predicted octanol–water partition coefficient (Wildman–Crippen LogP) is 6.33. The summed E-state index contributed by atoms with van der Waals surface area (Å²) in [7, 11) is 0. The van der Waals surface area contributed by atoms with Gasteiger partial charge >= 0.3 is 0 Å². The van der Waals surface area contributed by atoms with E-state index < -0.39 is 17.4 Å². The second-order valence-corrected chi connectivity index (χ2v) is 7.61. The van der Waals surface area contributed by atoms with Crippen LogP contribution in [0.4, 0.5) is 8.78 Å². The summed E-state index contributed by atoms with van der Waals surface area (Å²) in [4.78, 5) is 0. The van der Waals surface area contributed by atoms with E-state index in [1.807, 2.05) is 0 Å². The van der Waals surface area contributed by atoms with Crippen molar-refractivity contribution in [2.24, 2.45) is 17.8 Å². The molecular formula is C21H28F2O. The molecule has 0 saturated heterocycles. The van der Waals surface area contributed by atoms with Crippen molar-refractivity contribution in [3.63, 3.8) is 0 Å². The molecule has 3 heteroatoms. The molecule has 0 radical (unpaired) electrons. The summed E-state index contributed by atoms with van der Waals surface area (Å²) in [5, 5.41) is 9.27. The van der Waals surface area contributed by atoms with Gasteiger partial charge in [0, 0.05) is 0 Å². The Hall–Kier alpha value is -1.38. The Balaban J connectivity index is 1.56. The van der Waals surface area contributed by atoms with E-state index in [2.05, 4.69) is 19.1 Å². The van der Waals surface area contributed by atoms with E-state index >= 15 is 0 Å². The summed E-state index contributed by atoms with van der Waals surface area (Å²) in [6.45, 7) is 2.10. The molecule has 2 aliphatic carbocycles. The molecule has 0 heterocycles. The summed E-state index contributed by atoms with van der Waals surface area (Å²) in [6, 6.07) is 2.84. The van der Waals surface area contributed by atoms with Crippen molar-refractivity contribution in [3.8, 4) is 5.75 Å². The number of hydrogen-bond acceptors (Lipinski definition) is 1. The molecule has 0 unspecified atom stereocenters. The number of rotatable bonds is 3. The number of aromatic hydroxyl groups is 1. The number of hydrogen-bond donors (Lipinski definition) is 1. The minimum atomic E-state index is -1.10. The van der Waals surface area contributed by atoms with Crippen LogP contribution in [0, 0.1) is 29.4 Å². The molecule has 1 aromatic carbocycles. The Morgan fingerprint density at radius 2 is 1.46 bits per heavy atom.